The molecular weight excluding hydrogens is 232 g/mol. The number of hydrogen-bond acceptors (Lipinski definition) is 5. The van der Waals surface area contributed by atoms with Gasteiger partial charge in [0.25, 0.3) is 5.91 Å². The highest BCUT2D eigenvalue weighted by atomic mass is 16.3. The normalized spacial score (nSPS) is 11.2. The third kappa shape index (κ3) is 3.97. The molecule has 0 unspecified atom stereocenters. The lowest BCUT2D eigenvalue weighted by molar-refractivity contribution is 0.0314. The molecule has 0 aromatic carbocycles. The Morgan fingerprint density at radius 2 is 2.28 bits per heavy atom. The number of nitrogen functional groups attached to an aromatic ring is 1. The number of nitrogens with zero attached hydrogens (tertiary/aromatic N) is 2. The first-order valence-corrected chi connectivity index (χ1v) is 5.81. The summed E-state index contributed by atoms with van der Waals surface area (Å²) in [4.78, 5) is 17.8. The van der Waals surface area contributed by atoms with Crippen molar-refractivity contribution in [2.45, 2.75) is 26.4 Å². The Morgan fingerprint density at radius 1 is 1.61 bits per heavy atom. The van der Waals surface area contributed by atoms with E-state index >= 15 is 0 Å². The molecule has 1 rings (SSSR count). The molecule has 0 spiro atoms. The zero-order valence-corrected chi connectivity index (χ0v) is 11.0. The predicted molar refractivity (Wildman–Crippen MR) is 69.9 cm³/mol. The Morgan fingerprint density at radius 3 is 2.78 bits per heavy atom. The van der Waals surface area contributed by atoms with Crippen LogP contribution in [0.2, 0.25) is 0 Å². The molecule has 1 heterocycles. The lowest BCUT2D eigenvalue weighted by Crippen LogP contribution is -2.42. The zero-order chi connectivity index (χ0) is 13.8. The molecule has 1 amide bonds. The maximum absolute atomic E-state index is 12.2. The van der Waals surface area contributed by atoms with E-state index in [2.05, 4.69) is 10.4 Å². The SMILES string of the molecule is CCN(CC(C)(C)O)C(=O)c1ccnc(NN)c1. The molecule has 0 fully saturated rings. The lowest BCUT2D eigenvalue weighted by Gasteiger charge is -2.28. The van der Waals surface area contributed by atoms with Crippen LogP contribution in [0.3, 0.4) is 0 Å². The van der Waals surface area contributed by atoms with Crippen LogP contribution in [-0.4, -0.2) is 39.6 Å². The number of nitrogens with two attached hydrogens (primary N) is 1. The van der Waals surface area contributed by atoms with E-state index in [1.807, 2.05) is 6.92 Å². The highest BCUT2D eigenvalue weighted by Crippen LogP contribution is 2.12. The number of aromatic nitrogens is 1. The highest BCUT2D eigenvalue weighted by molar-refractivity contribution is 5.94. The van der Waals surface area contributed by atoms with Gasteiger partial charge in [0.1, 0.15) is 5.82 Å². The topological polar surface area (TPSA) is 91.5 Å². The lowest BCUT2D eigenvalue weighted by atomic mass is 10.1. The summed E-state index contributed by atoms with van der Waals surface area (Å²) in [6.07, 6.45) is 1.51. The van der Waals surface area contributed by atoms with E-state index in [0.717, 1.165) is 0 Å². The van der Waals surface area contributed by atoms with Gasteiger partial charge in [0.2, 0.25) is 0 Å². The van der Waals surface area contributed by atoms with Gasteiger partial charge in [-0.25, -0.2) is 10.8 Å². The number of carbonyl (C=O) groups excluding carboxylic acids is 1. The number of hydrazine groups is 1. The third-order valence-electron chi connectivity index (χ3n) is 2.40. The number of carbonyl (C=O) groups is 1. The van der Waals surface area contributed by atoms with Crippen molar-refractivity contribution < 1.29 is 9.90 Å². The molecule has 18 heavy (non-hydrogen) atoms. The Labute approximate surface area is 107 Å². The second-order valence-electron chi connectivity index (χ2n) is 4.71. The van der Waals surface area contributed by atoms with Crippen molar-refractivity contribution in [2.75, 3.05) is 18.5 Å². The predicted octanol–water partition coefficient (Wildman–Crippen LogP) is 0.600. The first kappa shape index (κ1) is 14.4. The molecular formula is C12H20N4O2. The molecule has 4 N–H and O–H groups in total. The van der Waals surface area contributed by atoms with Gasteiger partial charge >= 0.3 is 0 Å². The third-order valence-corrected chi connectivity index (χ3v) is 2.40. The number of anilines is 1. The number of pyridine rings is 1. The monoisotopic (exact) mass is 252 g/mol. The van der Waals surface area contributed by atoms with Crippen molar-refractivity contribution in [1.82, 2.24) is 9.88 Å². The minimum absolute atomic E-state index is 0.154. The number of aliphatic hydroxyl groups is 1. The van der Waals surface area contributed by atoms with Crippen LogP contribution in [0.15, 0.2) is 18.3 Å². The summed E-state index contributed by atoms with van der Waals surface area (Å²) in [5, 5.41) is 9.78. The Kier molecular flexibility index (Phi) is 4.63. The zero-order valence-electron chi connectivity index (χ0n) is 11.0. The maximum atomic E-state index is 12.2. The van der Waals surface area contributed by atoms with E-state index in [-0.39, 0.29) is 12.5 Å². The van der Waals surface area contributed by atoms with Gasteiger partial charge in [0.15, 0.2) is 0 Å². The van der Waals surface area contributed by atoms with E-state index in [9.17, 15) is 9.90 Å². The Bertz CT molecular complexity index is 415. The largest absolute Gasteiger partial charge is 0.389 e. The minimum atomic E-state index is -0.923. The molecule has 6 heteroatoms. The fourth-order valence-electron chi connectivity index (χ4n) is 1.62. The summed E-state index contributed by atoms with van der Waals surface area (Å²) in [7, 11) is 0. The molecule has 1 aromatic rings. The van der Waals surface area contributed by atoms with Gasteiger partial charge in [0.05, 0.1) is 5.60 Å². The van der Waals surface area contributed by atoms with Gasteiger partial charge in [-0.05, 0) is 32.9 Å². The van der Waals surface area contributed by atoms with Crippen LogP contribution in [0.1, 0.15) is 31.1 Å². The summed E-state index contributed by atoms with van der Waals surface area (Å²) < 4.78 is 0. The van der Waals surface area contributed by atoms with Crippen molar-refractivity contribution in [1.29, 1.82) is 0 Å². The number of amides is 1. The molecule has 0 bridgehead atoms. The number of likely N-dealkylation sites (N-methyl/N-ethyl adjacent to an activating group) is 1. The average molecular weight is 252 g/mol. The maximum Gasteiger partial charge on any atom is 0.254 e. The van der Waals surface area contributed by atoms with Crippen LogP contribution >= 0.6 is 0 Å². The summed E-state index contributed by atoms with van der Waals surface area (Å²) in [6.45, 7) is 6.00. The minimum Gasteiger partial charge on any atom is -0.389 e. The van der Waals surface area contributed by atoms with Crippen LogP contribution in [0.25, 0.3) is 0 Å². The molecule has 0 aliphatic heterocycles. The fraction of sp³-hybridized carbons (Fsp3) is 0.500. The van der Waals surface area contributed by atoms with E-state index < -0.39 is 5.60 Å². The summed E-state index contributed by atoms with van der Waals surface area (Å²) in [6, 6.07) is 3.20. The van der Waals surface area contributed by atoms with Gasteiger partial charge < -0.3 is 15.4 Å². The van der Waals surface area contributed by atoms with Crippen molar-refractivity contribution >= 4 is 11.7 Å². The molecule has 0 saturated carbocycles. The second kappa shape index (κ2) is 5.79. The van der Waals surface area contributed by atoms with E-state index in [4.69, 9.17) is 5.84 Å². The van der Waals surface area contributed by atoms with Gasteiger partial charge in [-0.1, -0.05) is 0 Å². The fourth-order valence-corrected chi connectivity index (χ4v) is 1.62. The summed E-state index contributed by atoms with van der Waals surface area (Å²) in [5.41, 5.74) is 1.96. The van der Waals surface area contributed by atoms with Gasteiger partial charge in [-0.3, -0.25) is 4.79 Å². The smallest absolute Gasteiger partial charge is 0.254 e. The van der Waals surface area contributed by atoms with Crippen LogP contribution in [0.4, 0.5) is 5.82 Å². The molecule has 0 radical (unpaired) electrons. The van der Waals surface area contributed by atoms with Crippen molar-refractivity contribution in [3.63, 3.8) is 0 Å². The van der Waals surface area contributed by atoms with E-state index in [1.165, 1.54) is 6.20 Å². The Hall–Kier alpha value is -1.66. The van der Waals surface area contributed by atoms with Gasteiger partial charge in [0, 0.05) is 24.8 Å². The highest BCUT2D eigenvalue weighted by Gasteiger charge is 2.22. The van der Waals surface area contributed by atoms with E-state index in [1.54, 1.807) is 30.9 Å². The molecule has 0 atom stereocenters. The standard InChI is InChI=1S/C12H20N4O2/c1-4-16(8-12(2,3)18)11(17)9-5-6-14-10(7-9)15-13/h5-7,18H,4,8,13H2,1-3H3,(H,14,15). The molecule has 100 valence electrons. The van der Waals surface area contributed by atoms with Crippen LogP contribution in [0.5, 0.6) is 0 Å². The second-order valence-corrected chi connectivity index (χ2v) is 4.71. The number of hydrogen-bond donors (Lipinski definition) is 3. The van der Waals surface area contributed by atoms with Crippen LogP contribution < -0.4 is 11.3 Å². The van der Waals surface area contributed by atoms with Crippen molar-refractivity contribution in [2.24, 2.45) is 5.84 Å². The van der Waals surface area contributed by atoms with Crippen LogP contribution in [-0.2, 0) is 0 Å². The first-order chi connectivity index (χ1) is 8.37. The summed E-state index contributed by atoms with van der Waals surface area (Å²) >= 11 is 0. The molecule has 0 aliphatic carbocycles. The van der Waals surface area contributed by atoms with Gasteiger partial charge in [-0.2, -0.15) is 0 Å². The van der Waals surface area contributed by atoms with Crippen molar-refractivity contribution in [3.8, 4) is 0 Å². The molecule has 1 aromatic heterocycles. The average Bonchev–Trinajstić information content (AvgIpc) is 2.34. The van der Waals surface area contributed by atoms with Crippen LogP contribution in [0, 0.1) is 0 Å². The Balaban J connectivity index is 2.89. The number of rotatable bonds is 5. The molecule has 0 aliphatic rings. The van der Waals surface area contributed by atoms with Gasteiger partial charge in [-0.15, -0.1) is 0 Å². The van der Waals surface area contributed by atoms with E-state index in [0.29, 0.717) is 17.9 Å². The first-order valence-electron chi connectivity index (χ1n) is 5.81. The molecule has 6 nitrogen and oxygen atoms in total. The molecule has 0 saturated heterocycles. The summed E-state index contributed by atoms with van der Waals surface area (Å²) in [5.74, 6) is 5.53. The number of nitrogens with one attached hydrogen (secondary N) is 1. The van der Waals surface area contributed by atoms with Crippen molar-refractivity contribution in [3.05, 3.63) is 23.9 Å². The quantitative estimate of drug-likeness (QED) is 0.527.